The van der Waals surface area contributed by atoms with E-state index in [1.807, 2.05) is 48.5 Å². The molecule has 0 aliphatic carbocycles. The van der Waals surface area contributed by atoms with E-state index < -0.39 is 23.7 Å². The summed E-state index contributed by atoms with van der Waals surface area (Å²) < 4.78 is 78.3. The number of hydrogen-bond donors (Lipinski definition) is 0. The lowest BCUT2D eigenvalue weighted by Crippen LogP contribution is -2.51. The smallest absolute Gasteiger partial charge is 0.370 e. The maximum Gasteiger partial charge on any atom is 0.416 e. The van der Waals surface area contributed by atoms with Crippen LogP contribution in [0.2, 0.25) is 0 Å². The van der Waals surface area contributed by atoms with Gasteiger partial charge in [0.2, 0.25) is 0 Å². The van der Waals surface area contributed by atoms with E-state index in [9.17, 15) is 13.2 Å². The van der Waals surface area contributed by atoms with Crippen LogP contribution in [0.3, 0.4) is 0 Å². The molecule has 0 aliphatic heterocycles. The first-order valence-corrected chi connectivity index (χ1v) is 20.2. The Labute approximate surface area is 310 Å². The molecule has 0 saturated carbocycles. The molecule has 0 radical (unpaired) electrons. The molecular weight excluding hydrogens is 661 g/mol. The average Bonchev–Trinajstić information content (AvgIpc) is 3.09. The van der Waals surface area contributed by atoms with Crippen molar-refractivity contribution in [3.63, 3.8) is 0 Å². The Morgan fingerprint density at radius 2 is 0.922 bits per heavy atom. The molecule has 0 N–H and O–H groups in total. The van der Waals surface area contributed by atoms with Crippen molar-refractivity contribution in [1.29, 1.82) is 0 Å². The fourth-order valence-corrected chi connectivity index (χ4v) is 6.10. The number of rotatable bonds is 32. The number of ether oxygens (including phenoxy) is 7. The topological polar surface area (TPSA) is 64.6 Å². The Kier molecular flexibility index (Phi) is 30.3. The molecule has 0 saturated heterocycles. The molecule has 302 valence electrons. The zero-order valence-corrected chi connectivity index (χ0v) is 33.6. The Balaban J connectivity index is 0.00000102. The van der Waals surface area contributed by atoms with Gasteiger partial charge in [0.05, 0.1) is 5.56 Å². The van der Waals surface area contributed by atoms with E-state index in [2.05, 4.69) is 6.92 Å². The van der Waals surface area contributed by atoms with Crippen molar-refractivity contribution < 1.29 is 46.3 Å². The second-order valence-corrected chi connectivity index (χ2v) is 12.6. The highest BCUT2D eigenvalue weighted by atomic mass is 19.4. The van der Waals surface area contributed by atoms with Crippen LogP contribution < -0.4 is 0 Å². The Morgan fingerprint density at radius 3 is 1.35 bits per heavy atom. The third-order valence-corrected chi connectivity index (χ3v) is 8.44. The molecule has 0 aliphatic rings. The Morgan fingerprint density at radius 1 is 0.490 bits per heavy atom. The van der Waals surface area contributed by atoms with Gasteiger partial charge in [0.1, 0.15) is 6.10 Å². The van der Waals surface area contributed by atoms with E-state index in [0.29, 0.717) is 46.2 Å². The molecule has 0 spiro atoms. The van der Waals surface area contributed by atoms with Crippen LogP contribution in [0.15, 0.2) is 24.3 Å². The lowest BCUT2D eigenvalue weighted by Gasteiger charge is -2.38. The first-order chi connectivity index (χ1) is 24.6. The van der Waals surface area contributed by atoms with Gasteiger partial charge in [-0.25, -0.2) is 0 Å². The molecule has 51 heavy (non-hydrogen) atoms. The highest BCUT2D eigenvalue weighted by Crippen LogP contribution is 2.30. The summed E-state index contributed by atoms with van der Waals surface area (Å²) >= 11 is 0. The molecule has 1 aromatic carbocycles. The quantitative estimate of drug-likeness (QED) is 0.0539. The van der Waals surface area contributed by atoms with Gasteiger partial charge in [-0.05, 0) is 91.8 Å². The zero-order valence-electron chi connectivity index (χ0n) is 33.6. The first kappa shape index (κ1) is 49.7. The van der Waals surface area contributed by atoms with Crippen LogP contribution in [0, 0.1) is 0 Å². The molecule has 0 fully saturated rings. The SMILES string of the molecule is CCCCCCCCC(OCC)C(OCC)(OCC)OCC.CCOC(CCCCCCCCCc1ccc(C(F)(F)F)cc1)(OCC)OCC. The van der Waals surface area contributed by atoms with Gasteiger partial charge in [-0.3, -0.25) is 0 Å². The van der Waals surface area contributed by atoms with Crippen LogP contribution in [0.1, 0.15) is 163 Å². The Hall–Kier alpha value is -1.27. The number of unbranched alkanes of at least 4 members (excludes halogenated alkanes) is 11. The minimum Gasteiger partial charge on any atom is -0.370 e. The van der Waals surface area contributed by atoms with Crippen LogP contribution in [-0.4, -0.2) is 64.3 Å². The van der Waals surface area contributed by atoms with Crippen LogP contribution in [0.4, 0.5) is 13.2 Å². The maximum absolute atomic E-state index is 12.6. The second-order valence-electron chi connectivity index (χ2n) is 12.6. The number of hydrogen-bond acceptors (Lipinski definition) is 7. The summed E-state index contributed by atoms with van der Waals surface area (Å²) in [5.41, 5.74) is 0.389. The molecule has 1 rings (SSSR count). The fourth-order valence-electron chi connectivity index (χ4n) is 6.10. The van der Waals surface area contributed by atoms with Crippen molar-refractivity contribution in [1.82, 2.24) is 0 Å². The highest BCUT2D eigenvalue weighted by Gasteiger charge is 2.42. The van der Waals surface area contributed by atoms with Gasteiger partial charge in [0, 0.05) is 52.7 Å². The minimum atomic E-state index is -4.26. The Bertz CT molecular complexity index is 864. The number of alkyl halides is 3. The van der Waals surface area contributed by atoms with E-state index >= 15 is 0 Å². The lowest BCUT2D eigenvalue weighted by atomic mass is 10.0. The standard InChI is InChI=1S/C23H37F3O3.C18H38O4/c1-4-27-22(28-5-2,29-6-3)19-13-11-9-7-8-10-12-14-20-15-17-21(18-16-20)23(24,25)26;1-6-11-12-13-14-15-16-17(19-7-2)18(20-8-3,21-9-4)22-10-5/h15-18H,4-14,19H2,1-3H3;17H,6-16H2,1-5H3. The normalized spacial score (nSPS) is 12.9. The number of halogens is 3. The number of benzene rings is 1. The lowest BCUT2D eigenvalue weighted by molar-refractivity contribution is -0.415. The van der Waals surface area contributed by atoms with Crippen molar-refractivity contribution in [3.8, 4) is 0 Å². The van der Waals surface area contributed by atoms with Crippen molar-refractivity contribution in [2.45, 2.75) is 182 Å². The van der Waals surface area contributed by atoms with Gasteiger partial charge in [-0.1, -0.05) is 89.7 Å². The first-order valence-electron chi connectivity index (χ1n) is 20.2. The third kappa shape index (κ3) is 22.5. The molecular formula is C41H75F3O7. The molecule has 1 aromatic rings. The molecule has 0 aromatic heterocycles. The van der Waals surface area contributed by atoms with Gasteiger partial charge in [-0.15, -0.1) is 0 Å². The van der Waals surface area contributed by atoms with Crippen LogP contribution >= 0.6 is 0 Å². The van der Waals surface area contributed by atoms with Crippen molar-refractivity contribution in [2.75, 3.05) is 46.2 Å². The van der Waals surface area contributed by atoms with Crippen molar-refractivity contribution >= 4 is 0 Å². The van der Waals surface area contributed by atoms with Gasteiger partial charge in [0.25, 0.3) is 5.97 Å². The van der Waals surface area contributed by atoms with Crippen molar-refractivity contribution in [3.05, 3.63) is 35.4 Å². The molecule has 10 heteroatoms. The summed E-state index contributed by atoms with van der Waals surface area (Å²) in [4.78, 5) is 0. The summed E-state index contributed by atoms with van der Waals surface area (Å²) in [7, 11) is 0. The van der Waals surface area contributed by atoms with Crippen LogP contribution in [-0.2, 0) is 45.8 Å². The molecule has 0 heterocycles. The molecule has 0 bridgehead atoms. The monoisotopic (exact) mass is 737 g/mol. The third-order valence-electron chi connectivity index (χ3n) is 8.44. The number of aryl methyl sites for hydroxylation is 1. The van der Waals surface area contributed by atoms with Gasteiger partial charge in [-0.2, -0.15) is 13.2 Å². The van der Waals surface area contributed by atoms with E-state index in [1.165, 1.54) is 44.2 Å². The van der Waals surface area contributed by atoms with Gasteiger partial charge >= 0.3 is 12.1 Å². The molecule has 1 unspecified atom stereocenters. The largest absolute Gasteiger partial charge is 0.416 e. The molecule has 1 atom stereocenters. The highest BCUT2D eigenvalue weighted by molar-refractivity contribution is 5.24. The maximum atomic E-state index is 12.6. The van der Waals surface area contributed by atoms with E-state index in [1.54, 1.807) is 12.1 Å². The average molecular weight is 737 g/mol. The predicted molar refractivity (Wildman–Crippen MR) is 201 cm³/mol. The second kappa shape index (κ2) is 31.1. The van der Waals surface area contributed by atoms with Crippen LogP contribution in [0.25, 0.3) is 0 Å². The van der Waals surface area contributed by atoms with Gasteiger partial charge in [0.15, 0.2) is 0 Å². The van der Waals surface area contributed by atoms with E-state index in [-0.39, 0.29) is 6.10 Å². The minimum absolute atomic E-state index is 0.177. The summed E-state index contributed by atoms with van der Waals surface area (Å²) in [5, 5.41) is 0. The van der Waals surface area contributed by atoms with Crippen molar-refractivity contribution in [2.24, 2.45) is 0 Å². The summed E-state index contributed by atoms with van der Waals surface area (Å²) in [6.07, 6.45) is 13.3. The zero-order chi connectivity index (χ0) is 38.3. The molecule has 7 nitrogen and oxygen atoms in total. The summed E-state index contributed by atoms with van der Waals surface area (Å²) in [5.74, 6) is -1.96. The fraction of sp³-hybridized carbons (Fsp3) is 0.854. The van der Waals surface area contributed by atoms with E-state index in [0.717, 1.165) is 76.2 Å². The van der Waals surface area contributed by atoms with Crippen LogP contribution in [0.5, 0.6) is 0 Å². The summed E-state index contributed by atoms with van der Waals surface area (Å²) in [6.45, 7) is 19.9. The van der Waals surface area contributed by atoms with Gasteiger partial charge < -0.3 is 33.2 Å². The van der Waals surface area contributed by atoms with E-state index in [4.69, 9.17) is 33.2 Å². The summed E-state index contributed by atoms with van der Waals surface area (Å²) in [6, 6.07) is 5.51. The molecule has 0 amide bonds. The predicted octanol–water partition coefficient (Wildman–Crippen LogP) is 12.0.